The van der Waals surface area contributed by atoms with Gasteiger partial charge in [-0.25, -0.2) is 0 Å². The second-order valence-electron chi connectivity index (χ2n) is 16.9. The molecule has 0 bridgehead atoms. The van der Waals surface area contributed by atoms with Crippen LogP contribution in [-0.4, -0.2) is 0 Å². The summed E-state index contributed by atoms with van der Waals surface area (Å²) in [5, 5.41) is 24.7. The Kier molecular flexibility index (Phi) is 16.3. The predicted molar refractivity (Wildman–Crippen MR) is 295 cm³/mol. The van der Waals surface area contributed by atoms with Crippen molar-refractivity contribution < 1.29 is 0 Å². The van der Waals surface area contributed by atoms with Crippen LogP contribution < -0.4 is 31.8 Å². The molecule has 6 heteroatoms. The number of halogens is 2. The zero-order chi connectivity index (χ0) is 46.9. The van der Waals surface area contributed by atoms with E-state index in [1.807, 2.05) is 36.4 Å². The Balaban J connectivity index is 0.000000199. The van der Waals surface area contributed by atoms with E-state index in [4.69, 9.17) is 33.0 Å². The van der Waals surface area contributed by atoms with E-state index in [0.29, 0.717) is 25.2 Å². The van der Waals surface area contributed by atoms with Gasteiger partial charge in [-0.2, -0.15) is 0 Å². The van der Waals surface area contributed by atoms with E-state index in [0.717, 1.165) is 39.9 Å². The van der Waals surface area contributed by atoms with Crippen LogP contribution in [0.3, 0.4) is 0 Å². The van der Waals surface area contributed by atoms with E-state index in [9.17, 15) is 0 Å². The van der Waals surface area contributed by atoms with Crippen LogP contribution in [0, 0.1) is 22.7 Å². The molecule has 8 aromatic rings. The molecule has 0 saturated carbocycles. The molecule has 0 aliphatic carbocycles. The summed E-state index contributed by atoms with van der Waals surface area (Å²) in [5.74, 6) is -6.71. The van der Waals surface area contributed by atoms with Crippen LogP contribution in [0.4, 0.5) is 0 Å². The summed E-state index contributed by atoms with van der Waals surface area (Å²) in [7, 11) is 0. The summed E-state index contributed by atoms with van der Waals surface area (Å²) in [6, 6.07) is 85.1. The molecule has 2 nitrogen and oxygen atoms in total. The molecule has 0 atom stereocenters. The van der Waals surface area contributed by atoms with Crippen molar-refractivity contribution in [3.63, 3.8) is 0 Å². The number of rotatable bonds is 16. The van der Waals surface area contributed by atoms with Gasteiger partial charge in [-0.15, -0.1) is 0 Å². The molecule has 0 aliphatic heterocycles. The predicted octanol–water partition coefficient (Wildman–Crippen LogP) is 14.8. The van der Waals surface area contributed by atoms with Crippen LogP contribution in [-0.2, 0) is 12.3 Å². The standard InChI is InChI=1S/C31H29ClNP.C30H27ClNP/c1-26(13-12-22-33)23-27-14-11-15-28(24-27)25-34(32,29-16-5-2-6-17-29,30-18-7-3-8-19-30)31-20-9-4-10-21-31;31-33(28-17-6-1-7-18-28,29-19-8-2-9-20-29,30-21-10-3-11-22-30)25-27-16-13-15-26(24-27)14-5-4-12-23-32/h2-11,14-21,23-24H,12-13,25H2,1H3;1-3,5-11,13-22,24H,4,12,25H2. The van der Waals surface area contributed by atoms with Crippen molar-refractivity contribution in [2.75, 3.05) is 0 Å². The minimum absolute atomic E-state index is 0.532. The van der Waals surface area contributed by atoms with Gasteiger partial charge in [0.15, 0.2) is 0 Å². The Morgan fingerprint density at radius 2 is 0.761 bits per heavy atom. The fraction of sp³-hybridized carbons (Fsp3) is 0.115. The van der Waals surface area contributed by atoms with Gasteiger partial charge in [0.25, 0.3) is 0 Å². The van der Waals surface area contributed by atoms with Gasteiger partial charge in [0.05, 0.1) is 0 Å². The third kappa shape index (κ3) is 10.8. The maximum absolute atomic E-state index is 8.92. The van der Waals surface area contributed by atoms with Crippen molar-refractivity contribution in [1.29, 1.82) is 10.5 Å². The summed E-state index contributed by atoms with van der Waals surface area (Å²) in [6.07, 6.45) is 10.4. The number of hydrogen-bond donors (Lipinski definition) is 0. The first kappa shape index (κ1) is 48.6. The fourth-order valence-corrected chi connectivity index (χ4v) is 21.4. The molecule has 67 heavy (non-hydrogen) atoms. The van der Waals surface area contributed by atoms with Crippen molar-refractivity contribution in [3.8, 4) is 12.1 Å². The molecule has 8 aromatic carbocycles. The molecule has 0 spiro atoms. The Bertz CT molecular complexity index is 2780. The molecule has 0 aliphatic rings. The van der Waals surface area contributed by atoms with Crippen molar-refractivity contribution in [2.24, 2.45) is 0 Å². The van der Waals surface area contributed by atoms with Gasteiger partial charge in [-0.1, -0.05) is 0 Å². The number of nitriles is 2. The maximum atomic E-state index is 8.92. The number of benzene rings is 8. The van der Waals surface area contributed by atoms with E-state index >= 15 is 0 Å². The van der Waals surface area contributed by atoms with Crippen LogP contribution in [0.2, 0.25) is 0 Å². The molecule has 334 valence electrons. The molecule has 0 N–H and O–H groups in total. The van der Waals surface area contributed by atoms with E-state index in [2.05, 4.69) is 231 Å². The van der Waals surface area contributed by atoms with E-state index in [1.54, 1.807) is 0 Å². The van der Waals surface area contributed by atoms with Crippen LogP contribution in [0.25, 0.3) is 12.2 Å². The summed E-state index contributed by atoms with van der Waals surface area (Å²) < 4.78 is 0. The number of allylic oxidation sites excluding steroid dienone is 2. The first-order valence-electron chi connectivity index (χ1n) is 22.7. The van der Waals surface area contributed by atoms with Crippen molar-refractivity contribution in [3.05, 3.63) is 264 Å². The van der Waals surface area contributed by atoms with E-state index in [1.165, 1.54) is 32.6 Å². The van der Waals surface area contributed by atoms with Gasteiger partial charge in [-0.05, 0) is 0 Å². The Morgan fingerprint density at radius 1 is 0.433 bits per heavy atom. The third-order valence-corrected chi connectivity index (χ3v) is 26.8. The zero-order valence-electron chi connectivity index (χ0n) is 38.0. The molecule has 0 radical (unpaired) electrons. The van der Waals surface area contributed by atoms with Gasteiger partial charge in [0, 0.05) is 0 Å². The average molecular weight is 950 g/mol. The second kappa shape index (κ2) is 22.4. The molecule has 0 fully saturated rings. The van der Waals surface area contributed by atoms with Gasteiger partial charge >= 0.3 is 410 Å². The number of hydrogen-bond acceptors (Lipinski definition) is 2. The Morgan fingerprint density at radius 3 is 1.10 bits per heavy atom. The zero-order valence-corrected chi connectivity index (χ0v) is 41.3. The van der Waals surface area contributed by atoms with Crippen molar-refractivity contribution in [2.45, 2.75) is 44.9 Å². The summed E-state index contributed by atoms with van der Waals surface area (Å²) >= 11 is 16.4. The quantitative estimate of drug-likeness (QED) is 0.0716. The van der Waals surface area contributed by atoms with Gasteiger partial charge in [0.1, 0.15) is 0 Å². The Hall–Kier alpha value is -6.34. The molecular formula is C61H56Cl2N2P2. The first-order chi connectivity index (χ1) is 32.7. The number of unbranched alkanes of at least 4 members (excludes halogenated alkanes) is 1. The third-order valence-electron chi connectivity index (χ3n) is 12.4. The van der Waals surface area contributed by atoms with Crippen molar-refractivity contribution >= 4 is 78.4 Å². The van der Waals surface area contributed by atoms with Crippen LogP contribution in [0.5, 0.6) is 0 Å². The molecule has 0 heterocycles. The molecule has 8 rings (SSSR count). The van der Waals surface area contributed by atoms with Crippen LogP contribution in [0.15, 0.2) is 242 Å². The SMILES string of the molecule is CC(=Cc1cccc(CP(Cl)(c2ccccc2)(c2ccccc2)c2ccccc2)c1)CCC#N.N#CCCC=Cc1cccc(CP(Cl)(c2ccccc2)(c2ccccc2)c2ccccc2)c1. The van der Waals surface area contributed by atoms with Crippen molar-refractivity contribution in [1.82, 2.24) is 0 Å². The summed E-state index contributed by atoms with van der Waals surface area (Å²) in [4.78, 5) is 0. The molecule has 0 unspecified atom stereocenters. The van der Waals surface area contributed by atoms with Gasteiger partial charge < -0.3 is 0 Å². The number of nitrogens with zero attached hydrogens (tertiary/aromatic N) is 2. The molecular weight excluding hydrogens is 894 g/mol. The van der Waals surface area contributed by atoms with Gasteiger partial charge in [-0.3, -0.25) is 0 Å². The monoisotopic (exact) mass is 948 g/mol. The van der Waals surface area contributed by atoms with Gasteiger partial charge in [0.2, 0.25) is 0 Å². The van der Waals surface area contributed by atoms with E-state index < -0.39 is 11.9 Å². The normalized spacial score (nSPS) is 12.8. The Labute approximate surface area is 408 Å². The van der Waals surface area contributed by atoms with E-state index in [-0.39, 0.29) is 0 Å². The average Bonchev–Trinajstić information content (AvgIpc) is 3.39. The first-order valence-corrected chi connectivity index (χ1v) is 29.4. The summed E-state index contributed by atoms with van der Waals surface area (Å²) in [5.41, 5.74) is 5.87. The minimum atomic E-state index is -3.36. The second-order valence-corrected chi connectivity index (χ2v) is 29.9. The molecule has 0 saturated heterocycles. The molecule has 0 aromatic heterocycles. The summed E-state index contributed by atoms with van der Waals surface area (Å²) in [6.45, 7) is 2.09. The topological polar surface area (TPSA) is 47.6 Å². The molecule has 0 amide bonds. The van der Waals surface area contributed by atoms with Crippen LogP contribution >= 0.6 is 34.4 Å². The van der Waals surface area contributed by atoms with Crippen LogP contribution in [0.1, 0.15) is 54.9 Å². The fourth-order valence-electron chi connectivity index (χ4n) is 9.11.